The van der Waals surface area contributed by atoms with Crippen LogP contribution in [0, 0.1) is 0 Å². The summed E-state index contributed by atoms with van der Waals surface area (Å²) in [5.74, 6) is 0.478. The Labute approximate surface area is 127 Å². The van der Waals surface area contributed by atoms with Crippen LogP contribution >= 0.6 is 0 Å². The van der Waals surface area contributed by atoms with Crippen LogP contribution in [-0.2, 0) is 4.79 Å². The maximum Gasteiger partial charge on any atom is 0.132 e. The van der Waals surface area contributed by atoms with Crippen LogP contribution in [0.15, 0.2) is 12.7 Å². The minimum atomic E-state index is 0.478. The van der Waals surface area contributed by atoms with Gasteiger partial charge < -0.3 is 0 Å². The lowest BCUT2D eigenvalue weighted by Gasteiger charge is -2.02. The Bertz CT molecular complexity index is 220. The lowest BCUT2D eigenvalue weighted by Crippen LogP contribution is -1.97. The van der Waals surface area contributed by atoms with Gasteiger partial charge in [-0.3, -0.25) is 4.79 Å². The molecule has 0 aliphatic heterocycles. The highest BCUT2D eigenvalue weighted by molar-refractivity contribution is 5.78. The van der Waals surface area contributed by atoms with Crippen molar-refractivity contribution in [2.24, 2.45) is 0 Å². The van der Waals surface area contributed by atoms with Crippen molar-refractivity contribution >= 4 is 5.78 Å². The van der Waals surface area contributed by atoms with Crippen molar-refractivity contribution in [1.29, 1.82) is 0 Å². The molecule has 0 aliphatic carbocycles. The van der Waals surface area contributed by atoms with E-state index in [4.69, 9.17) is 0 Å². The van der Waals surface area contributed by atoms with E-state index in [0.717, 1.165) is 32.1 Å². The second kappa shape index (κ2) is 16.5. The van der Waals surface area contributed by atoms with Gasteiger partial charge in [0.15, 0.2) is 0 Å². The van der Waals surface area contributed by atoms with Gasteiger partial charge in [0.05, 0.1) is 0 Å². The summed E-state index contributed by atoms with van der Waals surface area (Å²) in [4.78, 5) is 11.7. The fourth-order valence-corrected chi connectivity index (χ4v) is 2.55. The first kappa shape index (κ1) is 19.4. The molecule has 0 saturated heterocycles. The molecule has 0 aromatic heterocycles. The van der Waals surface area contributed by atoms with Gasteiger partial charge in [-0.25, -0.2) is 0 Å². The molecule has 0 rings (SSSR count). The zero-order chi connectivity index (χ0) is 14.9. The van der Waals surface area contributed by atoms with Crippen molar-refractivity contribution in [3.63, 3.8) is 0 Å². The van der Waals surface area contributed by atoms with Gasteiger partial charge in [-0.1, -0.05) is 70.8 Å². The number of unbranched alkanes of at least 4 members (excludes halogenated alkanes) is 11. The van der Waals surface area contributed by atoms with E-state index >= 15 is 0 Å². The maximum absolute atomic E-state index is 11.7. The van der Waals surface area contributed by atoms with Crippen LogP contribution in [0.1, 0.15) is 103 Å². The second-order valence-corrected chi connectivity index (χ2v) is 6.01. The Hall–Kier alpha value is -0.590. The number of hydrogen-bond donors (Lipinski definition) is 0. The first-order valence-electron chi connectivity index (χ1n) is 8.93. The summed E-state index contributed by atoms with van der Waals surface area (Å²) in [6, 6.07) is 0. The summed E-state index contributed by atoms with van der Waals surface area (Å²) in [5.41, 5.74) is 0. The van der Waals surface area contributed by atoms with Gasteiger partial charge in [0, 0.05) is 12.8 Å². The van der Waals surface area contributed by atoms with Crippen LogP contribution in [0.5, 0.6) is 0 Å². The number of carbonyl (C=O) groups excluding carboxylic acids is 1. The molecular formula is C19H36O. The summed E-state index contributed by atoms with van der Waals surface area (Å²) >= 11 is 0. The average Bonchev–Trinajstić information content (AvgIpc) is 2.45. The normalized spacial score (nSPS) is 10.7. The van der Waals surface area contributed by atoms with Crippen LogP contribution in [0.2, 0.25) is 0 Å². The van der Waals surface area contributed by atoms with E-state index in [1.54, 1.807) is 0 Å². The van der Waals surface area contributed by atoms with Gasteiger partial charge in [-0.15, -0.1) is 6.58 Å². The second-order valence-electron chi connectivity index (χ2n) is 6.01. The van der Waals surface area contributed by atoms with Crippen LogP contribution in [-0.4, -0.2) is 5.78 Å². The quantitative estimate of drug-likeness (QED) is 0.229. The zero-order valence-corrected chi connectivity index (χ0v) is 13.8. The van der Waals surface area contributed by atoms with E-state index < -0.39 is 0 Å². The molecule has 0 amide bonds. The molecular weight excluding hydrogens is 244 g/mol. The molecule has 0 bridgehead atoms. The summed E-state index contributed by atoms with van der Waals surface area (Å²) in [6.07, 6.45) is 20.1. The molecule has 0 aliphatic rings. The molecule has 0 unspecified atom stereocenters. The SMILES string of the molecule is C=CCCCCCC(=O)CCCCCCCCCCC. The third-order valence-corrected chi connectivity index (χ3v) is 3.92. The smallest absolute Gasteiger partial charge is 0.132 e. The van der Waals surface area contributed by atoms with Crippen molar-refractivity contribution in [2.75, 3.05) is 0 Å². The summed E-state index contributed by atoms with van der Waals surface area (Å²) in [7, 11) is 0. The highest BCUT2D eigenvalue weighted by atomic mass is 16.1. The molecule has 0 saturated carbocycles. The van der Waals surface area contributed by atoms with Crippen LogP contribution in [0.3, 0.4) is 0 Å². The summed E-state index contributed by atoms with van der Waals surface area (Å²) in [6.45, 7) is 5.97. The molecule has 1 heteroatoms. The molecule has 118 valence electrons. The number of allylic oxidation sites excluding steroid dienone is 1. The van der Waals surface area contributed by atoms with Gasteiger partial charge in [0.2, 0.25) is 0 Å². The molecule has 0 aromatic rings. The Morgan fingerprint density at radius 1 is 0.750 bits per heavy atom. The van der Waals surface area contributed by atoms with E-state index in [-0.39, 0.29) is 0 Å². The number of ketones is 1. The lowest BCUT2D eigenvalue weighted by atomic mass is 10.0. The van der Waals surface area contributed by atoms with Crippen LogP contribution in [0.25, 0.3) is 0 Å². The number of carbonyl (C=O) groups is 1. The molecule has 20 heavy (non-hydrogen) atoms. The minimum absolute atomic E-state index is 0.478. The average molecular weight is 280 g/mol. The van der Waals surface area contributed by atoms with Gasteiger partial charge in [-0.05, 0) is 25.7 Å². The monoisotopic (exact) mass is 280 g/mol. The first-order chi connectivity index (χ1) is 9.81. The van der Waals surface area contributed by atoms with E-state index in [1.807, 2.05) is 6.08 Å². The Morgan fingerprint density at radius 2 is 1.20 bits per heavy atom. The van der Waals surface area contributed by atoms with Crippen LogP contribution in [0.4, 0.5) is 0 Å². The highest BCUT2D eigenvalue weighted by Crippen LogP contribution is 2.12. The topological polar surface area (TPSA) is 17.1 Å². The zero-order valence-electron chi connectivity index (χ0n) is 13.8. The van der Waals surface area contributed by atoms with Gasteiger partial charge in [0.1, 0.15) is 5.78 Å². The molecule has 0 heterocycles. The standard InChI is InChI=1S/C19H36O/c1-3-5-7-9-10-11-12-14-16-18-19(20)17-15-13-8-6-4-2/h4H,2-3,5-18H2,1H3. The fourth-order valence-electron chi connectivity index (χ4n) is 2.55. The maximum atomic E-state index is 11.7. The summed E-state index contributed by atoms with van der Waals surface area (Å²) < 4.78 is 0. The number of rotatable bonds is 16. The third kappa shape index (κ3) is 15.5. The molecule has 1 nitrogen and oxygen atoms in total. The Balaban J connectivity index is 3.13. The Morgan fingerprint density at radius 3 is 1.70 bits per heavy atom. The van der Waals surface area contributed by atoms with E-state index in [9.17, 15) is 4.79 Å². The molecule has 0 radical (unpaired) electrons. The summed E-state index contributed by atoms with van der Waals surface area (Å²) in [5, 5.41) is 0. The van der Waals surface area contributed by atoms with E-state index in [2.05, 4.69) is 13.5 Å². The van der Waals surface area contributed by atoms with Crippen LogP contribution < -0.4 is 0 Å². The molecule has 0 fully saturated rings. The van der Waals surface area contributed by atoms with Crippen molar-refractivity contribution in [3.05, 3.63) is 12.7 Å². The Kier molecular flexibility index (Phi) is 16.0. The number of Topliss-reactive ketones (excluding diaryl/α,β-unsaturated/α-hetero) is 1. The third-order valence-electron chi connectivity index (χ3n) is 3.92. The van der Waals surface area contributed by atoms with Gasteiger partial charge in [-0.2, -0.15) is 0 Å². The highest BCUT2D eigenvalue weighted by Gasteiger charge is 2.01. The molecule has 0 aromatic carbocycles. The van der Waals surface area contributed by atoms with E-state index in [0.29, 0.717) is 5.78 Å². The number of hydrogen-bond acceptors (Lipinski definition) is 1. The predicted molar refractivity (Wildman–Crippen MR) is 90.1 cm³/mol. The van der Waals surface area contributed by atoms with Gasteiger partial charge >= 0.3 is 0 Å². The van der Waals surface area contributed by atoms with Crippen molar-refractivity contribution < 1.29 is 4.79 Å². The first-order valence-corrected chi connectivity index (χ1v) is 8.93. The largest absolute Gasteiger partial charge is 0.300 e. The van der Waals surface area contributed by atoms with Gasteiger partial charge in [0.25, 0.3) is 0 Å². The van der Waals surface area contributed by atoms with Crippen molar-refractivity contribution in [1.82, 2.24) is 0 Å². The predicted octanol–water partition coefficient (Wildman–Crippen LogP) is 6.61. The van der Waals surface area contributed by atoms with E-state index in [1.165, 1.54) is 64.2 Å². The minimum Gasteiger partial charge on any atom is -0.300 e. The molecule has 0 spiro atoms. The molecule has 0 atom stereocenters. The fraction of sp³-hybridized carbons (Fsp3) is 0.842. The van der Waals surface area contributed by atoms with Crippen molar-refractivity contribution in [2.45, 2.75) is 103 Å². The lowest BCUT2D eigenvalue weighted by molar-refractivity contribution is -0.119. The molecule has 0 N–H and O–H groups in total. The van der Waals surface area contributed by atoms with Crippen molar-refractivity contribution in [3.8, 4) is 0 Å².